The number of rotatable bonds is 2. The Morgan fingerprint density at radius 2 is 2.20 bits per heavy atom. The van der Waals surface area contributed by atoms with E-state index < -0.39 is 0 Å². The fourth-order valence-electron chi connectivity index (χ4n) is 2.52. The van der Waals surface area contributed by atoms with E-state index in [2.05, 4.69) is 10.4 Å². The van der Waals surface area contributed by atoms with Gasteiger partial charge in [-0.3, -0.25) is 9.48 Å². The monoisotopic (exact) mass is 270 g/mol. The van der Waals surface area contributed by atoms with Crippen molar-refractivity contribution in [1.29, 1.82) is 0 Å². The Hall–Kier alpha value is -2.30. The standard InChI is InChI=1S/C15H18N4O/c1-12(19-11-5-9-17-19)15(20)18-10-4-8-16-13-6-2-3-7-14(13)18/h2-3,5-7,9,11-12,16H,4,8,10H2,1H3. The van der Waals surface area contributed by atoms with Crippen molar-refractivity contribution in [2.24, 2.45) is 0 Å². The molecule has 0 saturated carbocycles. The lowest BCUT2D eigenvalue weighted by atomic mass is 10.2. The van der Waals surface area contributed by atoms with Crippen molar-refractivity contribution in [3.63, 3.8) is 0 Å². The molecule has 1 unspecified atom stereocenters. The predicted octanol–water partition coefficient (Wildman–Crippen LogP) is 2.29. The van der Waals surface area contributed by atoms with Crippen LogP contribution in [0.3, 0.4) is 0 Å². The summed E-state index contributed by atoms with van der Waals surface area (Å²) in [5, 5.41) is 7.53. The molecule has 0 spiro atoms. The number of fused-ring (bicyclic) bond motifs is 1. The van der Waals surface area contributed by atoms with Crippen molar-refractivity contribution >= 4 is 17.3 Å². The summed E-state index contributed by atoms with van der Waals surface area (Å²) in [6, 6.07) is 9.49. The Labute approximate surface area is 118 Å². The Balaban J connectivity index is 1.91. The summed E-state index contributed by atoms with van der Waals surface area (Å²) in [5.41, 5.74) is 1.97. The third-order valence-corrected chi connectivity index (χ3v) is 3.61. The molecule has 1 aromatic heterocycles. The van der Waals surface area contributed by atoms with Crippen molar-refractivity contribution in [3.05, 3.63) is 42.7 Å². The van der Waals surface area contributed by atoms with E-state index in [1.54, 1.807) is 10.9 Å². The lowest BCUT2D eigenvalue weighted by Gasteiger charge is -2.25. The molecule has 2 aromatic rings. The van der Waals surface area contributed by atoms with E-state index in [0.29, 0.717) is 0 Å². The van der Waals surface area contributed by atoms with Crippen LogP contribution in [0.25, 0.3) is 0 Å². The predicted molar refractivity (Wildman–Crippen MR) is 78.8 cm³/mol. The van der Waals surface area contributed by atoms with E-state index in [0.717, 1.165) is 30.9 Å². The van der Waals surface area contributed by atoms with Gasteiger partial charge < -0.3 is 10.2 Å². The van der Waals surface area contributed by atoms with Gasteiger partial charge in [-0.2, -0.15) is 5.10 Å². The van der Waals surface area contributed by atoms with Crippen LogP contribution >= 0.6 is 0 Å². The fourth-order valence-corrected chi connectivity index (χ4v) is 2.52. The van der Waals surface area contributed by atoms with E-state index in [1.807, 2.05) is 48.4 Å². The second-order valence-electron chi connectivity index (χ2n) is 4.95. The van der Waals surface area contributed by atoms with Crippen LogP contribution in [-0.2, 0) is 4.79 Å². The van der Waals surface area contributed by atoms with Gasteiger partial charge in [0, 0.05) is 25.5 Å². The zero-order valence-corrected chi connectivity index (χ0v) is 11.5. The van der Waals surface area contributed by atoms with E-state index in [-0.39, 0.29) is 11.9 Å². The molecule has 1 aliphatic heterocycles. The van der Waals surface area contributed by atoms with Crippen LogP contribution in [0.15, 0.2) is 42.7 Å². The molecule has 0 saturated heterocycles. The van der Waals surface area contributed by atoms with Gasteiger partial charge in [0.25, 0.3) is 5.91 Å². The molecule has 5 nitrogen and oxygen atoms in total. The van der Waals surface area contributed by atoms with Gasteiger partial charge in [-0.1, -0.05) is 12.1 Å². The Bertz CT molecular complexity index is 594. The molecule has 0 bridgehead atoms. The minimum Gasteiger partial charge on any atom is -0.383 e. The number of hydrogen-bond acceptors (Lipinski definition) is 3. The molecule has 5 heteroatoms. The summed E-state index contributed by atoms with van der Waals surface area (Å²) in [4.78, 5) is 14.6. The minimum atomic E-state index is -0.295. The zero-order valence-electron chi connectivity index (χ0n) is 11.5. The molecule has 20 heavy (non-hydrogen) atoms. The largest absolute Gasteiger partial charge is 0.383 e. The number of carbonyl (C=O) groups excluding carboxylic acids is 1. The van der Waals surface area contributed by atoms with Crippen molar-refractivity contribution in [2.75, 3.05) is 23.3 Å². The van der Waals surface area contributed by atoms with Crippen molar-refractivity contribution in [3.8, 4) is 0 Å². The lowest BCUT2D eigenvalue weighted by Crippen LogP contribution is -2.37. The fraction of sp³-hybridized carbons (Fsp3) is 0.333. The SMILES string of the molecule is CC(C(=O)N1CCCNc2ccccc21)n1cccn1. The number of nitrogens with one attached hydrogen (secondary N) is 1. The highest BCUT2D eigenvalue weighted by Gasteiger charge is 2.26. The highest BCUT2D eigenvalue weighted by atomic mass is 16.2. The maximum atomic E-state index is 12.7. The van der Waals surface area contributed by atoms with Gasteiger partial charge in [0.1, 0.15) is 6.04 Å². The third-order valence-electron chi connectivity index (χ3n) is 3.61. The molecular weight excluding hydrogens is 252 g/mol. The molecule has 0 aliphatic carbocycles. The number of carbonyl (C=O) groups is 1. The number of hydrogen-bond donors (Lipinski definition) is 1. The summed E-state index contributed by atoms with van der Waals surface area (Å²) in [6.45, 7) is 3.50. The molecule has 0 fully saturated rings. The first-order valence-corrected chi connectivity index (χ1v) is 6.91. The van der Waals surface area contributed by atoms with Gasteiger partial charge in [-0.05, 0) is 31.5 Å². The van der Waals surface area contributed by atoms with Crippen molar-refractivity contribution in [1.82, 2.24) is 9.78 Å². The summed E-state index contributed by atoms with van der Waals surface area (Å²) >= 11 is 0. The molecule has 1 aliphatic rings. The first-order valence-electron chi connectivity index (χ1n) is 6.91. The van der Waals surface area contributed by atoms with Crippen LogP contribution < -0.4 is 10.2 Å². The van der Waals surface area contributed by atoms with Crippen LogP contribution in [-0.4, -0.2) is 28.8 Å². The second-order valence-corrected chi connectivity index (χ2v) is 4.95. The molecule has 1 amide bonds. The van der Waals surface area contributed by atoms with Crippen molar-refractivity contribution in [2.45, 2.75) is 19.4 Å². The number of benzene rings is 1. The molecule has 104 valence electrons. The topological polar surface area (TPSA) is 50.2 Å². The van der Waals surface area contributed by atoms with E-state index in [4.69, 9.17) is 0 Å². The quantitative estimate of drug-likeness (QED) is 0.911. The van der Waals surface area contributed by atoms with Crippen LogP contribution in [0.2, 0.25) is 0 Å². The number of nitrogens with zero attached hydrogens (tertiary/aromatic N) is 3. The minimum absolute atomic E-state index is 0.0739. The Kier molecular flexibility index (Phi) is 3.41. The zero-order chi connectivity index (χ0) is 13.9. The first kappa shape index (κ1) is 12.7. The maximum absolute atomic E-state index is 12.7. The van der Waals surface area contributed by atoms with Gasteiger partial charge in [-0.15, -0.1) is 0 Å². The van der Waals surface area contributed by atoms with Gasteiger partial charge in [0.15, 0.2) is 0 Å². The van der Waals surface area contributed by atoms with E-state index in [1.165, 1.54) is 0 Å². The molecule has 1 aromatic carbocycles. The summed E-state index contributed by atoms with van der Waals surface area (Å²) < 4.78 is 1.70. The van der Waals surface area contributed by atoms with Gasteiger partial charge in [-0.25, -0.2) is 0 Å². The molecule has 3 rings (SSSR count). The number of aromatic nitrogens is 2. The molecule has 0 radical (unpaired) electrons. The second kappa shape index (κ2) is 5.36. The number of amides is 1. The third kappa shape index (κ3) is 2.27. The van der Waals surface area contributed by atoms with E-state index >= 15 is 0 Å². The van der Waals surface area contributed by atoms with Crippen LogP contribution in [0.5, 0.6) is 0 Å². The average Bonchev–Trinajstić information content (AvgIpc) is 2.93. The summed E-state index contributed by atoms with van der Waals surface area (Å²) in [7, 11) is 0. The molecular formula is C15H18N4O. The highest BCUT2D eigenvalue weighted by Crippen LogP contribution is 2.29. The van der Waals surface area contributed by atoms with Gasteiger partial charge in [0.2, 0.25) is 0 Å². The Morgan fingerprint density at radius 3 is 3.00 bits per heavy atom. The number of para-hydroxylation sites is 2. The normalized spacial score (nSPS) is 15.9. The first-order chi connectivity index (χ1) is 9.77. The Morgan fingerprint density at radius 1 is 1.35 bits per heavy atom. The molecule has 2 heterocycles. The lowest BCUT2D eigenvalue weighted by molar-refractivity contribution is -0.121. The maximum Gasteiger partial charge on any atom is 0.251 e. The average molecular weight is 270 g/mol. The smallest absolute Gasteiger partial charge is 0.251 e. The van der Waals surface area contributed by atoms with E-state index in [9.17, 15) is 4.79 Å². The highest BCUT2D eigenvalue weighted by molar-refractivity contribution is 5.99. The van der Waals surface area contributed by atoms with Crippen molar-refractivity contribution < 1.29 is 4.79 Å². The van der Waals surface area contributed by atoms with Gasteiger partial charge >= 0.3 is 0 Å². The molecule has 1 N–H and O–H groups in total. The van der Waals surface area contributed by atoms with Crippen LogP contribution in [0.4, 0.5) is 11.4 Å². The summed E-state index contributed by atoms with van der Waals surface area (Å²) in [5.74, 6) is 0.0739. The molecule has 1 atom stereocenters. The van der Waals surface area contributed by atoms with Gasteiger partial charge in [0.05, 0.1) is 11.4 Å². The number of anilines is 2. The van der Waals surface area contributed by atoms with Crippen LogP contribution in [0, 0.1) is 0 Å². The van der Waals surface area contributed by atoms with Crippen LogP contribution in [0.1, 0.15) is 19.4 Å². The summed E-state index contributed by atoms with van der Waals surface area (Å²) in [6.07, 6.45) is 4.46.